The quantitative estimate of drug-likeness (QED) is 0.904. The first-order valence-electron chi connectivity index (χ1n) is 7.74. The van der Waals surface area contributed by atoms with Crippen LogP contribution in [-0.4, -0.2) is 45.4 Å². The molecule has 1 aliphatic heterocycles. The molecule has 1 aliphatic carbocycles. The van der Waals surface area contributed by atoms with Gasteiger partial charge in [-0.1, -0.05) is 6.07 Å². The number of rotatable bonds is 3. The number of aromatic nitrogens is 2. The molecule has 1 N–H and O–H groups in total. The number of carbonyl (C=O) groups excluding carboxylic acids is 1. The van der Waals surface area contributed by atoms with Crippen LogP contribution in [0.3, 0.4) is 0 Å². The van der Waals surface area contributed by atoms with E-state index in [0.29, 0.717) is 5.65 Å². The Bertz CT molecular complexity index is 781. The Morgan fingerprint density at radius 1 is 1.27 bits per heavy atom. The molecule has 4 rings (SSSR count). The van der Waals surface area contributed by atoms with Crippen LogP contribution in [0.15, 0.2) is 35.4 Å². The summed E-state index contributed by atoms with van der Waals surface area (Å²) in [4.78, 5) is 31.4. The Kier molecular flexibility index (Phi) is 3.18. The SMILES string of the molecule is O=C(NC1CCN(C2CC2)C1)c1cnc2ccccn2c1=O. The summed E-state index contributed by atoms with van der Waals surface area (Å²) in [6, 6.07) is 6.15. The van der Waals surface area contributed by atoms with Crippen LogP contribution in [0.1, 0.15) is 29.6 Å². The topological polar surface area (TPSA) is 66.7 Å². The highest BCUT2D eigenvalue weighted by Crippen LogP contribution is 2.29. The summed E-state index contributed by atoms with van der Waals surface area (Å²) in [6.45, 7) is 1.92. The van der Waals surface area contributed by atoms with Gasteiger partial charge in [0.1, 0.15) is 11.2 Å². The van der Waals surface area contributed by atoms with Gasteiger partial charge < -0.3 is 5.32 Å². The molecule has 0 spiro atoms. The fourth-order valence-corrected chi connectivity index (χ4v) is 3.12. The second-order valence-corrected chi connectivity index (χ2v) is 6.09. The van der Waals surface area contributed by atoms with Crippen LogP contribution < -0.4 is 10.9 Å². The number of nitrogens with one attached hydrogen (secondary N) is 1. The monoisotopic (exact) mass is 298 g/mol. The molecule has 1 atom stereocenters. The molecule has 1 amide bonds. The molecular weight excluding hydrogens is 280 g/mol. The number of likely N-dealkylation sites (tertiary alicyclic amines) is 1. The minimum atomic E-state index is -0.321. The number of hydrogen-bond acceptors (Lipinski definition) is 4. The molecule has 6 nitrogen and oxygen atoms in total. The van der Waals surface area contributed by atoms with Crippen molar-refractivity contribution < 1.29 is 4.79 Å². The molecule has 3 heterocycles. The lowest BCUT2D eigenvalue weighted by molar-refractivity contribution is 0.0935. The fraction of sp³-hybridized carbons (Fsp3) is 0.438. The first-order valence-corrected chi connectivity index (χ1v) is 7.74. The van der Waals surface area contributed by atoms with E-state index in [-0.39, 0.29) is 23.1 Å². The van der Waals surface area contributed by atoms with E-state index < -0.39 is 0 Å². The van der Waals surface area contributed by atoms with Crippen molar-refractivity contribution in [1.82, 2.24) is 19.6 Å². The summed E-state index contributed by atoms with van der Waals surface area (Å²) in [5, 5.41) is 2.98. The Balaban J connectivity index is 1.53. The average Bonchev–Trinajstić information content (AvgIpc) is 3.28. The third kappa shape index (κ3) is 2.39. The fourth-order valence-electron chi connectivity index (χ4n) is 3.12. The molecule has 0 radical (unpaired) electrons. The molecular formula is C16H18N4O2. The molecule has 2 aliphatic rings. The van der Waals surface area contributed by atoms with Crippen LogP contribution in [0, 0.1) is 0 Å². The molecule has 0 aromatic carbocycles. The largest absolute Gasteiger partial charge is 0.348 e. The van der Waals surface area contributed by atoms with Crippen molar-refractivity contribution in [3.63, 3.8) is 0 Å². The van der Waals surface area contributed by atoms with E-state index in [2.05, 4.69) is 15.2 Å². The van der Waals surface area contributed by atoms with Crippen molar-refractivity contribution >= 4 is 11.6 Å². The van der Waals surface area contributed by atoms with E-state index in [1.165, 1.54) is 23.4 Å². The minimum Gasteiger partial charge on any atom is -0.348 e. The third-order valence-corrected chi connectivity index (χ3v) is 4.48. The molecule has 1 unspecified atom stereocenters. The highest BCUT2D eigenvalue weighted by atomic mass is 16.2. The zero-order valence-electron chi connectivity index (χ0n) is 12.2. The molecule has 2 aromatic rings. The lowest BCUT2D eigenvalue weighted by Gasteiger charge is -2.15. The van der Waals surface area contributed by atoms with Gasteiger partial charge in [-0.3, -0.25) is 18.9 Å². The minimum absolute atomic E-state index is 0.105. The second kappa shape index (κ2) is 5.21. The Morgan fingerprint density at radius 2 is 2.14 bits per heavy atom. The van der Waals surface area contributed by atoms with E-state index in [4.69, 9.17) is 0 Å². The summed E-state index contributed by atoms with van der Waals surface area (Å²) < 4.78 is 1.40. The van der Waals surface area contributed by atoms with Gasteiger partial charge in [0, 0.05) is 37.6 Å². The molecule has 2 aromatic heterocycles. The van der Waals surface area contributed by atoms with Crippen LogP contribution in [0.4, 0.5) is 0 Å². The molecule has 114 valence electrons. The Labute approximate surface area is 127 Å². The van der Waals surface area contributed by atoms with Crippen LogP contribution in [0.5, 0.6) is 0 Å². The predicted molar refractivity (Wildman–Crippen MR) is 81.9 cm³/mol. The van der Waals surface area contributed by atoms with Gasteiger partial charge in [-0.25, -0.2) is 4.98 Å². The van der Waals surface area contributed by atoms with Gasteiger partial charge in [0.2, 0.25) is 0 Å². The molecule has 1 saturated carbocycles. The summed E-state index contributed by atoms with van der Waals surface area (Å²) >= 11 is 0. The standard InChI is InChI=1S/C16H18N4O2/c21-15(18-11-6-8-19(10-11)12-4-5-12)13-9-17-14-3-1-2-7-20(14)16(13)22/h1-3,7,9,11-12H,4-6,8,10H2,(H,18,21). The van der Waals surface area contributed by atoms with Crippen molar-refractivity contribution in [3.8, 4) is 0 Å². The molecule has 6 heteroatoms. The molecule has 1 saturated heterocycles. The maximum atomic E-state index is 12.4. The van der Waals surface area contributed by atoms with E-state index in [1.54, 1.807) is 18.3 Å². The normalized spacial score (nSPS) is 22.1. The number of nitrogens with zero attached hydrogens (tertiary/aromatic N) is 3. The van der Waals surface area contributed by atoms with Gasteiger partial charge in [0.15, 0.2) is 0 Å². The van der Waals surface area contributed by atoms with E-state index in [0.717, 1.165) is 25.6 Å². The van der Waals surface area contributed by atoms with Crippen LogP contribution in [0.25, 0.3) is 5.65 Å². The molecule has 22 heavy (non-hydrogen) atoms. The van der Waals surface area contributed by atoms with E-state index >= 15 is 0 Å². The summed E-state index contributed by atoms with van der Waals surface area (Å²) in [6.07, 6.45) is 6.50. The number of carbonyl (C=O) groups is 1. The zero-order valence-corrected chi connectivity index (χ0v) is 12.2. The summed E-state index contributed by atoms with van der Waals surface area (Å²) in [7, 11) is 0. The highest BCUT2D eigenvalue weighted by Gasteiger charge is 2.35. The Hall–Kier alpha value is -2.21. The van der Waals surface area contributed by atoms with Gasteiger partial charge >= 0.3 is 0 Å². The van der Waals surface area contributed by atoms with Gasteiger partial charge in [0.05, 0.1) is 0 Å². The first-order chi connectivity index (χ1) is 10.7. The summed E-state index contributed by atoms with van der Waals surface area (Å²) in [5.41, 5.74) is 0.332. The average molecular weight is 298 g/mol. The van der Waals surface area contributed by atoms with Gasteiger partial charge in [-0.15, -0.1) is 0 Å². The van der Waals surface area contributed by atoms with Crippen molar-refractivity contribution in [3.05, 3.63) is 46.5 Å². The smallest absolute Gasteiger partial charge is 0.270 e. The van der Waals surface area contributed by atoms with Gasteiger partial charge in [-0.05, 0) is 31.4 Å². The Morgan fingerprint density at radius 3 is 2.95 bits per heavy atom. The zero-order chi connectivity index (χ0) is 15.1. The second-order valence-electron chi connectivity index (χ2n) is 6.09. The van der Waals surface area contributed by atoms with Crippen molar-refractivity contribution in [2.45, 2.75) is 31.3 Å². The third-order valence-electron chi connectivity index (χ3n) is 4.48. The lowest BCUT2D eigenvalue weighted by atomic mass is 10.2. The number of amides is 1. The number of fused-ring (bicyclic) bond motifs is 1. The van der Waals surface area contributed by atoms with Gasteiger partial charge in [-0.2, -0.15) is 0 Å². The van der Waals surface area contributed by atoms with Crippen LogP contribution >= 0.6 is 0 Å². The van der Waals surface area contributed by atoms with Crippen molar-refractivity contribution in [1.29, 1.82) is 0 Å². The van der Waals surface area contributed by atoms with E-state index in [9.17, 15) is 9.59 Å². The van der Waals surface area contributed by atoms with Gasteiger partial charge in [0.25, 0.3) is 11.5 Å². The highest BCUT2D eigenvalue weighted by molar-refractivity contribution is 5.94. The van der Waals surface area contributed by atoms with Crippen LogP contribution in [0.2, 0.25) is 0 Å². The van der Waals surface area contributed by atoms with E-state index in [1.807, 2.05) is 6.07 Å². The molecule has 0 bridgehead atoms. The predicted octanol–water partition coefficient (Wildman–Crippen LogP) is 0.661. The maximum absolute atomic E-state index is 12.4. The summed E-state index contributed by atoms with van der Waals surface area (Å²) in [5.74, 6) is -0.321. The number of hydrogen-bond donors (Lipinski definition) is 1. The van der Waals surface area contributed by atoms with Crippen molar-refractivity contribution in [2.75, 3.05) is 13.1 Å². The maximum Gasteiger partial charge on any atom is 0.270 e. The van der Waals surface area contributed by atoms with Crippen LogP contribution in [-0.2, 0) is 0 Å². The lowest BCUT2D eigenvalue weighted by Crippen LogP contribution is -2.40. The van der Waals surface area contributed by atoms with Crippen molar-refractivity contribution in [2.24, 2.45) is 0 Å². The first kappa shape index (κ1) is 13.5. The molecule has 2 fully saturated rings. The number of pyridine rings is 1.